The van der Waals surface area contributed by atoms with Gasteiger partial charge in [0.15, 0.2) is 5.79 Å². The van der Waals surface area contributed by atoms with E-state index in [2.05, 4.69) is 0 Å². The molecule has 1 aliphatic rings. The Balaban J connectivity index is 2.09. The Labute approximate surface area is 110 Å². The molecule has 3 nitrogen and oxygen atoms in total. The minimum absolute atomic E-state index is 0.113. The molecule has 0 aromatic heterocycles. The Hall–Kier alpha value is -0.680. The first-order chi connectivity index (χ1) is 8.30. The Bertz CT molecular complexity index is 438. The molecule has 100 valence electrons. The van der Waals surface area contributed by atoms with E-state index in [1.54, 1.807) is 26.0 Å². The van der Waals surface area contributed by atoms with E-state index >= 15 is 0 Å². The fraction of sp³-hybridized carbons (Fsp3) is 0.538. The van der Waals surface area contributed by atoms with Crippen molar-refractivity contribution in [3.63, 3.8) is 0 Å². The fourth-order valence-electron chi connectivity index (χ4n) is 1.82. The summed E-state index contributed by atoms with van der Waals surface area (Å²) in [5.41, 5.74) is -0.807. The van der Waals surface area contributed by atoms with E-state index in [1.165, 1.54) is 6.07 Å². The minimum atomic E-state index is -1.20. The standard InChI is InChI=1S/C13H16ClFO3/c1-12(2)17-7-13(16,8-18-12)6-9-3-4-10(14)5-11(9)15/h3-5,16H,6-8H2,1-2H3. The maximum atomic E-state index is 13.7. The van der Waals surface area contributed by atoms with Gasteiger partial charge in [0.2, 0.25) is 0 Å². The van der Waals surface area contributed by atoms with Crippen LogP contribution < -0.4 is 0 Å². The zero-order valence-electron chi connectivity index (χ0n) is 10.4. The number of rotatable bonds is 2. The number of hydrogen-bond acceptors (Lipinski definition) is 3. The molecular formula is C13H16ClFO3. The van der Waals surface area contributed by atoms with E-state index < -0.39 is 17.2 Å². The Morgan fingerprint density at radius 1 is 1.33 bits per heavy atom. The molecule has 5 heteroatoms. The highest BCUT2D eigenvalue weighted by Gasteiger charge is 2.39. The van der Waals surface area contributed by atoms with Crippen LogP contribution in [0, 0.1) is 5.82 Å². The monoisotopic (exact) mass is 274 g/mol. The lowest BCUT2D eigenvalue weighted by Crippen LogP contribution is -2.52. The van der Waals surface area contributed by atoms with Gasteiger partial charge in [0.1, 0.15) is 11.4 Å². The molecule has 0 radical (unpaired) electrons. The molecule has 0 aliphatic carbocycles. The summed E-state index contributed by atoms with van der Waals surface area (Å²) < 4.78 is 24.4. The zero-order valence-corrected chi connectivity index (χ0v) is 11.1. The van der Waals surface area contributed by atoms with E-state index in [-0.39, 0.29) is 19.6 Å². The van der Waals surface area contributed by atoms with Crippen molar-refractivity contribution in [2.24, 2.45) is 0 Å². The van der Waals surface area contributed by atoms with Gasteiger partial charge in [-0.3, -0.25) is 0 Å². The van der Waals surface area contributed by atoms with E-state index in [9.17, 15) is 9.50 Å². The number of halogens is 2. The van der Waals surface area contributed by atoms with E-state index in [1.807, 2.05) is 0 Å². The normalized spacial score (nSPS) is 21.8. The second-order valence-corrected chi connectivity index (χ2v) is 5.55. The van der Waals surface area contributed by atoms with Gasteiger partial charge < -0.3 is 14.6 Å². The summed E-state index contributed by atoms with van der Waals surface area (Å²) in [7, 11) is 0. The average molecular weight is 275 g/mol. The molecule has 0 spiro atoms. The van der Waals surface area contributed by atoms with Crippen LogP contribution in [-0.2, 0) is 15.9 Å². The predicted octanol–water partition coefficient (Wildman–Crippen LogP) is 2.54. The first-order valence-electron chi connectivity index (χ1n) is 5.74. The SMILES string of the molecule is CC1(C)OCC(O)(Cc2ccc(Cl)cc2F)CO1. The van der Waals surface area contributed by atoms with Gasteiger partial charge in [-0.2, -0.15) is 0 Å². The summed E-state index contributed by atoms with van der Waals surface area (Å²) in [5, 5.41) is 10.6. The summed E-state index contributed by atoms with van der Waals surface area (Å²) in [6, 6.07) is 4.39. The molecular weight excluding hydrogens is 259 g/mol. The first-order valence-corrected chi connectivity index (χ1v) is 6.12. The molecule has 0 saturated carbocycles. The molecule has 1 heterocycles. The van der Waals surface area contributed by atoms with Gasteiger partial charge in [-0.05, 0) is 31.5 Å². The maximum absolute atomic E-state index is 13.7. The van der Waals surface area contributed by atoms with Gasteiger partial charge in [0.05, 0.1) is 13.2 Å². The smallest absolute Gasteiger partial charge is 0.163 e. The summed E-state index contributed by atoms with van der Waals surface area (Å²) in [5.74, 6) is -1.13. The summed E-state index contributed by atoms with van der Waals surface area (Å²) in [4.78, 5) is 0. The van der Waals surface area contributed by atoms with Crippen LogP contribution >= 0.6 is 11.6 Å². The molecule has 2 rings (SSSR count). The lowest BCUT2D eigenvalue weighted by molar-refractivity contribution is -0.300. The first kappa shape index (κ1) is 13.7. The maximum Gasteiger partial charge on any atom is 0.163 e. The quantitative estimate of drug-likeness (QED) is 0.901. The third kappa shape index (κ3) is 3.20. The molecule has 1 saturated heterocycles. The number of hydrogen-bond donors (Lipinski definition) is 1. The molecule has 18 heavy (non-hydrogen) atoms. The van der Waals surface area contributed by atoms with Crippen molar-refractivity contribution in [3.8, 4) is 0 Å². The lowest BCUT2D eigenvalue weighted by Gasteiger charge is -2.40. The van der Waals surface area contributed by atoms with E-state index in [0.29, 0.717) is 10.6 Å². The van der Waals surface area contributed by atoms with Crippen LogP contribution in [0.4, 0.5) is 4.39 Å². The molecule has 1 N–H and O–H groups in total. The molecule has 1 fully saturated rings. The number of benzene rings is 1. The Morgan fingerprint density at radius 3 is 2.50 bits per heavy atom. The Kier molecular flexibility index (Phi) is 3.65. The van der Waals surface area contributed by atoms with Crippen LogP contribution in [0.15, 0.2) is 18.2 Å². The van der Waals surface area contributed by atoms with Crippen LogP contribution in [0.25, 0.3) is 0 Å². The van der Waals surface area contributed by atoms with Gasteiger partial charge in [-0.15, -0.1) is 0 Å². The van der Waals surface area contributed by atoms with Crippen LogP contribution in [0.1, 0.15) is 19.4 Å². The lowest BCUT2D eigenvalue weighted by atomic mass is 9.94. The van der Waals surface area contributed by atoms with Gasteiger partial charge in [0, 0.05) is 11.4 Å². The molecule has 1 aliphatic heterocycles. The van der Waals surface area contributed by atoms with Crippen molar-refractivity contribution in [2.75, 3.05) is 13.2 Å². The summed E-state index contributed by atoms with van der Waals surface area (Å²) in [6.45, 7) is 3.77. The highest BCUT2D eigenvalue weighted by Crippen LogP contribution is 2.27. The summed E-state index contributed by atoms with van der Waals surface area (Å²) in [6.07, 6.45) is 0.131. The second-order valence-electron chi connectivity index (χ2n) is 5.11. The van der Waals surface area contributed by atoms with Crippen molar-refractivity contribution in [3.05, 3.63) is 34.6 Å². The zero-order chi connectivity index (χ0) is 13.4. The van der Waals surface area contributed by atoms with Crippen molar-refractivity contribution in [1.29, 1.82) is 0 Å². The third-order valence-corrected chi connectivity index (χ3v) is 3.15. The van der Waals surface area contributed by atoms with Crippen LogP contribution in [0.2, 0.25) is 5.02 Å². The van der Waals surface area contributed by atoms with Crippen molar-refractivity contribution < 1.29 is 19.0 Å². The van der Waals surface area contributed by atoms with Crippen LogP contribution in [0.3, 0.4) is 0 Å². The van der Waals surface area contributed by atoms with E-state index in [0.717, 1.165) is 0 Å². The molecule has 1 aromatic carbocycles. The molecule has 0 bridgehead atoms. The largest absolute Gasteiger partial charge is 0.385 e. The van der Waals surface area contributed by atoms with Crippen molar-refractivity contribution in [1.82, 2.24) is 0 Å². The topological polar surface area (TPSA) is 38.7 Å². The summed E-state index contributed by atoms with van der Waals surface area (Å²) >= 11 is 5.68. The van der Waals surface area contributed by atoms with Gasteiger partial charge in [-0.25, -0.2) is 4.39 Å². The average Bonchev–Trinajstić information content (AvgIpc) is 2.28. The van der Waals surface area contributed by atoms with Crippen molar-refractivity contribution >= 4 is 11.6 Å². The van der Waals surface area contributed by atoms with E-state index in [4.69, 9.17) is 21.1 Å². The molecule has 0 atom stereocenters. The van der Waals surface area contributed by atoms with Crippen LogP contribution in [-0.4, -0.2) is 29.7 Å². The number of ether oxygens (including phenoxy) is 2. The fourth-order valence-corrected chi connectivity index (χ4v) is 1.98. The Morgan fingerprint density at radius 2 is 1.94 bits per heavy atom. The van der Waals surface area contributed by atoms with Gasteiger partial charge >= 0.3 is 0 Å². The van der Waals surface area contributed by atoms with Gasteiger partial charge in [0.25, 0.3) is 0 Å². The molecule has 0 amide bonds. The van der Waals surface area contributed by atoms with Crippen molar-refractivity contribution in [2.45, 2.75) is 31.7 Å². The van der Waals surface area contributed by atoms with Gasteiger partial charge in [-0.1, -0.05) is 17.7 Å². The highest BCUT2D eigenvalue weighted by molar-refractivity contribution is 6.30. The number of aliphatic hydroxyl groups is 1. The highest BCUT2D eigenvalue weighted by atomic mass is 35.5. The third-order valence-electron chi connectivity index (χ3n) is 2.91. The predicted molar refractivity (Wildman–Crippen MR) is 66.0 cm³/mol. The molecule has 0 unspecified atom stereocenters. The molecule has 1 aromatic rings. The van der Waals surface area contributed by atoms with Crippen LogP contribution in [0.5, 0.6) is 0 Å². The minimum Gasteiger partial charge on any atom is -0.385 e. The second kappa shape index (κ2) is 4.78.